The Kier molecular flexibility index (Phi) is 4.16. The molecule has 2 aromatic heterocycles. The molecule has 0 amide bonds. The first-order valence-corrected chi connectivity index (χ1v) is 13.0. The van der Waals surface area contributed by atoms with Gasteiger partial charge in [0, 0.05) is 25.6 Å². The van der Waals surface area contributed by atoms with Crippen LogP contribution >= 0.6 is 11.3 Å². The van der Waals surface area contributed by atoms with Crippen molar-refractivity contribution in [3.63, 3.8) is 0 Å². The van der Waals surface area contributed by atoms with Crippen LogP contribution in [-0.4, -0.2) is 0 Å². The normalized spacial score (nSPS) is 11.9. The van der Waals surface area contributed by atoms with Gasteiger partial charge in [-0.05, 0) is 68.1 Å². The van der Waals surface area contributed by atoms with E-state index in [0.29, 0.717) is 0 Å². The second kappa shape index (κ2) is 7.55. The van der Waals surface area contributed by atoms with Gasteiger partial charge in [0.2, 0.25) is 0 Å². The summed E-state index contributed by atoms with van der Waals surface area (Å²) in [6.45, 7) is 0. The first kappa shape index (κ1) is 19.9. The number of hydrogen-bond donors (Lipinski definition) is 0. The molecule has 1 nitrogen and oxygen atoms in total. The van der Waals surface area contributed by atoms with Crippen LogP contribution < -0.4 is 0 Å². The first-order valence-electron chi connectivity index (χ1n) is 12.2. The number of thiophene rings is 1. The molecule has 8 rings (SSSR count). The van der Waals surface area contributed by atoms with E-state index in [2.05, 4.69) is 109 Å². The third kappa shape index (κ3) is 2.82. The zero-order chi connectivity index (χ0) is 23.6. The molecular weight excluding hydrogens is 456 g/mol. The quantitative estimate of drug-likeness (QED) is 0.226. The van der Waals surface area contributed by atoms with Crippen LogP contribution in [0.2, 0.25) is 0 Å². The molecule has 0 aliphatic rings. The minimum absolute atomic E-state index is 0.944. The van der Waals surface area contributed by atoms with Crippen molar-refractivity contribution in [1.29, 1.82) is 0 Å². The van der Waals surface area contributed by atoms with Crippen LogP contribution in [0.25, 0.3) is 74.9 Å². The molecular formula is C34H20OS. The Labute approximate surface area is 211 Å². The van der Waals surface area contributed by atoms with Gasteiger partial charge < -0.3 is 4.42 Å². The van der Waals surface area contributed by atoms with Gasteiger partial charge in [0.1, 0.15) is 5.58 Å². The van der Waals surface area contributed by atoms with E-state index < -0.39 is 0 Å². The van der Waals surface area contributed by atoms with Crippen molar-refractivity contribution in [3.8, 4) is 22.3 Å². The summed E-state index contributed by atoms with van der Waals surface area (Å²) in [5.74, 6) is 0. The lowest BCUT2D eigenvalue weighted by molar-refractivity contribution is 0.616. The fourth-order valence-corrected chi connectivity index (χ4v) is 6.92. The van der Waals surface area contributed by atoms with Crippen molar-refractivity contribution in [2.75, 3.05) is 0 Å². The predicted molar refractivity (Wildman–Crippen MR) is 155 cm³/mol. The van der Waals surface area contributed by atoms with E-state index in [9.17, 15) is 0 Å². The Bertz CT molecular complexity index is 2040. The van der Waals surface area contributed by atoms with Crippen LogP contribution in [0.4, 0.5) is 0 Å². The summed E-state index contributed by atoms with van der Waals surface area (Å²) < 4.78 is 8.28. The number of benzene rings is 6. The molecule has 0 aliphatic heterocycles. The highest BCUT2D eigenvalue weighted by molar-refractivity contribution is 7.25. The number of rotatable bonds is 2. The van der Waals surface area contributed by atoms with Crippen molar-refractivity contribution in [2.45, 2.75) is 0 Å². The summed E-state index contributed by atoms with van der Waals surface area (Å²) in [6.07, 6.45) is 1.77. The second-order valence-corrected chi connectivity index (χ2v) is 10.4. The average Bonchev–Trinajstić information content (AvgIpc) is 3.53. The molecule has 0 spiro atoms. The Morgan fingerprint density at radius 3 is 1.75 bits per heavy atom. The Hall–Kier alpha value is -4.40. The van der Waals surface area contributed by atoms with Crippen molar-refractivity contribution in [3.05, 3.63) is 122 Å². The summed E-state index contributed by atoms with van der Waals surface area (Å²) in [5.41, 5.74) is 6.05. The summed E-state index contributed by atoms with van der Waals surface area (Å²) in [7, 11) is 0. The van der Waals surface area contributed by atoms with Gasteiger partial charge in [-0.3, -0.25) is 0 Å². The summed E-state index contributed by atoms with van der Waals surface area (Å²) in [5, 5.41) is 8.84. The average molecular weight is 477 g/mol. The maximum absolute atomic E-state index is 5.69. The third-order valence-electron chi connectivity index (χ3n) is 7.33. The van der Waals surface area contributed by atoms with E-state index in [1.165, 1.54) is 64.0 Å². The topological polar surface area (TPSA) is 13.1 Å². The number of hydrogen-bond acceptors (Lipinski definition) is 2. The molecule has 168 valence electrons. The zero-order valence-electron chi connectivity index (χ0n) is 19.4. The fraction of sp³-hybridized carbons (Fsp3) is 0. The molecule has 0 radical (unpaired) electrons. The Balaban J connectivity index is 1.46. The van der Waals surface area contributed by atoms with Crippen LogP contribution in [-0.2, 0) is 0 Å². The lowest BCUT2D eigenvalue weighted by atomic mass is 9.86. The van der Waals surface area contributed by atoms with Crippen LogP contribution in [0, 0.1) is 0 Å². The molecule has 0 bridgehead atoms. The molecule has 2 heteroatoms. The maximum Gasteiger partial charge on any atom is 0.134 e. The number of furan rings is 1. The molecule has 0 fully saturated rings. The lowest BCUT2D eigenvalue weighted by Gasteiger charge is -2.17. The highest BCUT2D eigenvalue weighted by Gasteiger charge is 2.17. The van der Waals surface area contributed by atoms with Crippen LogP contribution in [0.5, 0.6) is 0 Å². The van der Waals surface area contributed by atoms with E-state index >= 15 is 0 Å². The third-order valence-corrected chi connectivity index (χ3v) is 8.44. The molecule has 36 heavy (non-hydrogen) atoms. The molecule has 0 N–H and O–H groups in total. The van der Waals surface area contributed by atoms with Gasteiger partial charge in [-0.25, -0.2) is 0 Å². The minimum Gasteiger partial charge on any atom is -0.464 e. The molecule has 6 aromatic carbocycles. The maximum atomic E-state index is 5.69. The van der Waals surface area contributed by atoms with E-state index in [4.69, 9.17) is 4.42 Å². The first-order chi connectivity index (χ1) is 17.8. The second-order valence-electron chi connectivity index (χ2n) is 9.33. The summed E-state index contributed by atoms with van der Waals surface area (Å²) >= 11 is 1.86. The predicted octanol–water partition coefficient (Wildman–Crippen LogP) is 10.4. The van der Waals surface area contributed by atoms with Gasteiger partial charge in [0.05, 0.1) is 6.26 Å². The summed E-state index contributed by atoms with van der Waals surface area (Å²) in [6, 6.07) is 41.9. The molecule has 0 saturated carbocycles. The van der Waals surface area contributed by atoms with Crippen LogP contribution in [0.3, 0.4) is 0 Å². The van der Waals surface area contributed by atoms with E-state index in [-0.39, 0.29) is 0 Å². The van der Waals surface area contributed by atoms with Gasteiger partial charge in [0.15, 0.2) is 0 Å². The standard InChI is InChI=1S/C34H20OS/c1-2-8-21(9-3-1)33-25-10-4-6-12-27(25)34(28-13-7-5-11-26(28)33)23-14-15-24-29-20-30-22(16-17-35-30)18-32(29)36-31(24)19-23/h1-20H. The van der Waals surface area contributed by atoms with E-state index in [1.54, 1.807) is 6.26 Å². The highest BCUT2D eigenvalue weighted by Crippen LogP contribution is 2.45. The SMILES string of the molecule is c1ccc(-c2c3ccccc3c(-c3ccc4c(c3)sc3cc5ccoc5cc34)c3ccccc23)cc1. The lowest BCUT2D eigenvalue weighted by Crippen LogP contribution is -1.90. The van der Waals surface area contributed by atoms with Crippen molar-refractivity contribution >= 4 is 64.0 Å². The van der Waals surface area contributed by atoms with Crippen molar-refractivity contribution < 1.29 is 4.42 Å². The Morgan fingerprint density at radius 1 is 0.444 bits per heavy atom. The minimum atomic E-state index is 0.944. The van der Waals surface area contributed by atoms with Gasteiger partial charge in [0.25, 0.3) is 0 Å². The molecule has 8 aromatic rings. The highest BCUT2D eigenvalue weighted by atomic mass is 32.1. The fourth-order valence-electron chi connectivity index (χ4n) is 5.74. The van der Waals surface area contributed by atoms with E-state index in [1.807, 2.05) is 17.4 Å². The van der Waals surface area contributed by atoms with Gasteiger partial charge in [-0.1, -0.05) is 91.0 Å². The van der Waals surface area contributed by atoms with Crippen LogP contribution in [0.1, 0.15) is 0 Å². The van der Waals surface area contributed by atoms with Crippen LogP contribution in [0.15, 0.2) is 126 Å². The van der Waals surface area contributed by atoms with Gasteiger partial charge in [-0.15, -0.1) is 11.3 Å². The van der Waals surface area contributed by atoms with E-state index in [0.717, 1.165) is 11.0 Å². The zero-order valence-corrected chi connectivity index (χ0v) is 20.2. The smallest absolute Gasteiger partial charge is 0.134 e. The van der Waals surface area contributed by atoms with Crippen molar-refractivity contribution in [2.24, 2.45) is 0 Å². The molecule has 2 heterocycles. The largest absolute Gasteiger partial charge is 0.464 e. The Morgan fingerprint density at radius 2 is 1.06 bits per heavy atom. The number of fused-ring (bicyclic) bond motifs is 6. The molecule has 0 atom stereocenters. The molecule has 0 saturated heterocycles. The molecule has 0 aliphatic carbocycles. The summed E-state index contributed by atoms with van der Waals surface area (Å²) in [4.78, 5) is 0. The van der Waals surface area contributed by atoms with Gasteiger partial charge in [-0.2, -0.15) is 0 Å². The van der Waals surface area contributed by atoms with Gasteiger partial charge >= 0.3 is 0 Å². The molecule has 0 unspecified atom stereocenters. The van der Waals surface area contributed by atoms with Crippen molar-refractivity contribution in [1.82, 2.24) is 0 Å². The monoisotopic (exact) mass is 476 g/mol.